The standard InChI is InChI=1S/C18H23NO2/c20-17(21)10-12-4-5-13-11-16-14-3-1-2-6-18(14,7-8-19-16)15(13)9-12/h4-5,9,14,16,19H,1-3,6-8,10-11H2,(H,20,21)/t14-,16-,18-/m1/s1. The highest BCUT2D eigenvalue weighted by Gasteiger charge is 2.51. The van der Waals surface area contributed by atoms with Gasteiger partial charge in [-0.15, -0.1) is 0 Å². The van der Waals surface area contributed by atoms with Crippen LogP contribution in [-0.4, -0.2) is 23.7 Å². The van der Waals surface area contributed by atoms with Crippen molar-refractivity contribution in [3.63, 3.8) is 0 Å². The molecule has 3 nitrogen and oxygen atoms in total. The van der Waals surface area contributed by atoms with Gasteiger partial charge in [-0.2, -0.15) is 0 Å². The van der Waals surface area contributed by atoms with Crippen molar-refractivity contribution >= 4 is 5.97 Å². The molecule has 0 radical (unpaired) electrons. The summed E-state index contributed by atoms with van der Waals surface area (Å²) in [5, 5.41) is 12.8. The van der Waals surface area contributed by atoms with Gasteiger partial charge < -0.3 is 10.4 Å². The Hall–Kier alpha value is -1.35. The summed E-state index contributed by atoms with van der Waals surface area (Å²) in [6.45, 7) is 1.11. The van der Waals surface area contributed by atoms with E-state index < -0.39 is 5.97 Å². The van der Waals surface area contributed by atoms with Crippen LogP contribution < -0.4 is 5.32 Å². The number of aliphatic carboxylic acids is 1. The van der Waals surface area contributed by atoms with E-state index in [-0.39, 0.29) is 6.42 Å². The van der Waals surface area contributed by atoms with Crippen molar-refractivity contribution in [3.8, 4) is 0 Å². The highest BCUT2D eigenvalue weighted by Crippen LogP contribution is 2.53. The van der Waals surface area contributed by atoms with Gasteiger partial charge in [-0.1, -0.05) is 31.0 Å². The van der Waals surface area contributed by atoms with E-state index in [2.05, 4.69) is 17.4 Å². The highest BCUT2D eigenvalue weighted by molar-refractivity contribution is 5.70. The van der Waals surface area contributed by atoms with E-state index in [0.717, 1.165) is 24.4 Å². The minimum Gasteiger partial charge on any atom is -0.481 e. The average Bonchev–Trinajstić information content (AvgIpc) is 2.47. The third-order valence-corrected chi connectivity index (χ3v) is 6.07. The van der Waals surface area contributed by atoms with Crippen LogP contribution in [0.4, 0.5) is 0 Å². The number of benzene rings is 1. The first-order valence-corrected chi connectivity index (χ1v) is 8.26. The Morgan fingerprint density at radius 2 is 2.24 bits per heavy atom. The molecular formula is C18H23NO2. The van der Waals surface area contributed by atoms with Crippen LogP contribution in [0.3, 0.4) is 0 Å². The molecule has 1 saturated carbocycles. The minimum atomic E-state index is -0.730. The third kappa shape index (κ3) is 2.02. The zero-order valence-corrected chi connectivity index (χ0v) is 12.4. The molecule has 112 valence electrons. The number of carboxylic acid groups (broad SMARTS) is 1. The van der Waals surface area contributed by atoms with E-state index in [4.69, 9.17) is 5.11 Å². The quantitative estimate of drug-likeness (QED) is 0.878. The number of carboxylic acids is 1. The molecule has 2 fully saturated rings. The van der Waals surface area contributed by atoms with Crippen molar-refractivity contribution in [1.82, 2.24) is 5.32 Å². The van der Waals surface area contributed by atoms with Crippen LogP contribution in [0, 0.1) is 5.92 Å². The van der Waals surface area contributed by atoms with Gasteiger partial charge in [0.25, 0.3) is 0 Å². The van der Waals surface area contributed by atoms with Crippen LogP contribution in [0.25, 0.3) is 0 Å². The molecule has 3 atom stereocenters. The fourth-order valence-corrected chi connectivity index (χ4v) is 5.26. The Labute approximate surface area is 125 Å². The first-order chi connectivity index (χ1) is 10.2. The maximum atomic E-state index is 11.0. The fraction of sp³-hybridized carbons (Fsp3) is 0.611. The van der Waals surface area contributed by atoms with E-state index in [1.54, 1.807) is 0 Å². The van der Waals surface area contributed by atoms with Crippen molar-refractivity contribution in [3.05, 3.63) is 34.9 Å². The normalized spacial score (nSPS) is 33.9. The molecule has 0 amide bonds. The smallest absolute Gasteiger partial charge is 0.307 e. The molecule has 1 aromatic carbocycles. The van der Waals surface area contributed by atoms with Crippen molar-refractivity contribution in [1.29, 1.82) is 0 Å². The molecule has 4 rings (SSSR count). The van der Waals surface area contributed by atoms with Crippen molar-refractivity contribution in [2.75, 3.05) is 6.54 Å². The Morgan fingerprint density at radius 1 is 1.33 bits per heavy atom. The second-order valence-electron chi connectivity index (χ2n) is 7.09. The molecule has 2 bridgehead atoms. The lowest BCUT2D eigenvalue weighted by Gasteiger charge is -2.56. The Kier molecular flexibility index (Phi) is 3.07. The van der Waals surface area contributed by atoms with Crippen LogP contribution in [0.15, 0.2) is 18.2 Å². The molecule has 0 spiro atoms. The fourth-order valence-electron chi connectivity index (χ4n) is 5.26. The molecule has 0 unspecified atom stereocenters. The SMILES string of the molecule is O=C(O)Cc1ccc2c(c1)[C@@]13CCCC[C@@H]1[C@@H](C2)NCC3. The Balaban J connectivity index is 1.81. The van der Waals surface area contributed by atoms with Gasteiger partial charge in [0, 0.05) is 11.5 Å². The summed E-state index contributed by atoms with van der Waals surface area (Å²) in [6.07, 6.45) is 7.79. The number of fused-ring (bicyclic) bond motifs is 1. The highest BCUT2D eigenvalue weighted by atomic mass is 16.4. The maximum absolute atomic E-state index is 11.0. The van der Waals surface area contributed by atoms with Crippen LogP contribution >= 0.6 is 0 Å². The van der Waals surface area contributed by atoms with Crippen molar-refractivity contribution in [2.45, 2.75) is 56.4 Å². The van der Waals surface area contributed by atoms with Gasteiger partial charge in [-0.3, -0.25) is 4.79 Å². The maximum Gasteiger partial charge on any atom is 0.307 e. The monoisotopic (exact) mass is 285 g/mol. The lowest BCUT2D eigenvalue weighted by atomic mass is 9.52. The molecule has 1 aliphatic heterocycles. The van der Waals surface area contributed by atoms with E-state index in [0.29, 0.717) is 11.5 Å². The molecule has 1 heterocycles. The first-order valence-electron chi connectivity index (χ1n) is 8.26. The van der Waals surface area contributed by atoms with Gasteiger partial charge >= 0.3 is 5.97 Å². The topological polar surface area (TPSA) is 49.3 Å². The first kappa shape index (κ1) is 13.3. The Morgan fingerprint density at radius 3 is 3.10 bits per heavy atom. The average molecular weight is 285 g/mol. The molecular weight excluding hydrogens is 262 g/mol. The van der Waals surface area contributed by atoms with Gasteiger partial charge in [-0.25, -0.2) is 0 Å². The molecule has 2 N–H and O–H groups in total. The summed E-state index contributed by atoms with van der Waals surface area (Å²) >= 11 is 0. The second kappa shape index (κ2) is 4.84. The predicted molar refractivity (Wildman–Crippen MR) is 81.5 cm³/mol. The van der Waals surface area contributed by atoms with E-state index >= 15 is 0 Å². The van der Waals surface area contributed by atoms with Gasteiger partial charge in [-0.05, 0) is 54.8 Å². The molecule has 1 aromatic rings. The Bertz CT molecular complexity index is 579. The third-order valence-electron chi connectivity index (χ3n) is 6.07. The largest absolute Gasteiger partial charge is 0.481 e. The summed E-state index contributed by atoms with van der Waals surface area (Å²) in [7, 11) is 0. The summed E-state index contributed by atoms with van der Waals surface area (Å²) in [4.78, 5) is 11.0. The number of hydrogen-bond acceptors (Lipinski definition) is 2. The number of carbonyl (C=O) groups is 1. The van der Waals surface area contributed by atoms with Gasteiger partial charge in [0.15, 0.2) is 0 Å². The van der Waals surface area contributed by atoms with E-state index in [1.807, 2.05) is 6.07 Å². The molecule has 0 aromatic heterocycles. The summed E-state index contributed by atoms with van der Waals surface area (Å²) in [6, 6.07) is 7.07. The van der Waals surface area contributed by atoms with Gasteiger partial charge in [0.2, 0.25) is 0 Å². The van der Waals surface area contributed by atoms with Crippen LogP contribution in [0.2, 0.25) is 0 Å². The lowest BCUT2D eigenvalue weighted by Crippen LogP contribution is -2.59. The molecule has 1 saturated heterocycles. The molecule has 3 heteroatoms. The number of piperidine rings is 1. The number of rotatable bonds is 2. The molecule has 2 aliphatic carbocycles. The van der Waals surface area contributed by atoms with Crippen molar-refractivity contribution < 1.29 is 9.90 Å². The summed E-state index contributed by atoms with van der Waals surface area (Å²) in [5.41, 5.74) is 4.25. The summed E-state index contributed by atoms with van der Waals surface area (Å²) in [5.74, 6) is 0.0271. The van der Waals surface area contributed by atoms with Crippen LogP contribution in [0.5, 0.6) is 0 Å². The molecule has 21 heavy (non-hydrogen) atoms. The van der Waals surface area contributed by atoms with Crippen molar-refractivity contribution in [2.24, 2.45) is 5.92 Å². The van der Waals surface area contributed by atoms with Gasteiger partial charge in [0.1, 0.15) is 0 Å². The number of nitrogens with one attached hydrogen (secondary N) is 1. The van der Waals surface area contributed by atoms with Crippen LogP contribution in [-0.2, 0) is 23.1 Å². The van der Waals surface area contributed by atoms with Gasteiger partial charge in [0.05, 0.1) is 6.42 Å². The summed E-state index contributed by atoms with van der Waals surface area (Å²) < 4.78 is 0. The second-order valence-corrected chi connectivity index (χ2v) is 7.09. The zero-order valence-electron chi connectivity index (χ0n) is 12.4. The predicted octanol–water partition coefficient (Wildman–Crippen LogP) is 2.66. The lowest BCUT2D eigenvalue weighted by molar-refractivity contribution is -0.136. The minimum absolute atomic E-state index is 0.149. The van der Waals surface area contributed by atoms with E-state index in [9.17, 15) is 4.79 Å². The van der Waals surface area contributed by atoms with E-state index in [1.165, 1.54) is 43.2 Å². The zero-order chi connectivity index (χ0) is 14.4. The van der Waals surface area contributed by atoms with Crippen LogP contribution in [0.1, 0.15) is 48.8 Å². The molecule has 3 aliphatic rings. The number of hydrogen-bond donors (Lipinski definition) is 2.